The first-order valence-electron chi connectivity index (χ1n) is 10.6. The van der Waals surface area contributed by atoms with E-state index in [0.29, 0.717) is 25.2 Å². The summed E-state index contributed by atoms with van der Waals surface area (Å²) < 4.78 is 8.11. The van der Waals surface area contributed by atoms with Crippen LogP contribution in [0.2, 0.25) is 0 Å². The number of nitrogens with zero attached hydrogens (tertiary/aromatic N) is 3. The number of nitrogens with one attached hydrogen (secondary N) is 1. The van der Waals surface area contributed by atoms with Crippen molar-refractivity contribution >= 4 is 33.8 Å². The quantitative estimate of drug-likeness (QED) is 0.502. The van der Waals surface area contributed by atoms with Crippen LogP contribution in [0.1, 0.15) is 28.0 Å². The molecule has 0 aliphatic carbocycles. The monoisotopic (exact) mass is 432 g/mol. The lowest BCUT2D eigenvalue weighted by atomic mass is 10.0. The summed E-state index contributed by atoms with van der Waals surface area (Å²) in [5.41, 5.74) is 5.13. The lowest BCUT2D eigenvalue weighted by molar-refractivity contribution is -0.132. The average Bonchev–Trinajstić information content (AvgIpc) is 3.31. The summed E-state index contributed by atoms with van der Waals surface area (Å²) in [6.45, 7) is 1.43. The van der Waals surface area contributed by atoms with Crippen LogP contribution in [0.25, 0.3) is 21.9 Å². The van der Waals surface area contributed by atoms with Crippen LogP contribution >= 0.6 is 0 Å². The van der Waals surface area contributed by atoms with Crippen LogP contribution in [-0.4, -0.2) is 44.5 Å². The van der Waals surface area contributed by atoms with Crippen molar-refractivity contribution in [2.24, 2.45) is 7.05 Å². The topological polar surface area (TPSA) is 89.3 Å². The Hall–Kier alpha value is -3.81. The standard InChI is InChI=1S/C24H24N4O4/c1-26-20-5-3-4-6-21(20)28(24(26)31)12-10-22(29)27-11-9-19-17(14-27)16-13-15(23(30)32-2)7-8-18(16)25-19/h3-8,13,25H,9-12,14H2,1-2H3. The van der Waals surface area contributed by atoms with Gasteiger partial charge in [-0.3, -0.25) is 13.9 Å². The number of benzene rings is 2. The maximum absolute atomic E-state index is 13.0. The van der Waals surface area contributed by atoms with E-state index in [0.717, 1.165) is 39.6 Å². The Bertz CT molecular complexity index is 1430. The van der Waals surface area contributed by atoms with Crippen molar-refractivity contribution in [2.75, 3.05) is 13.7 Å². The molecule has 0 saturated heterocycles. The molecule has 0 fully saturated rings. The molecule has 0 saturated carbocycles. The minimum Gasteiger partial charge on any atom is -0.465 e. The minimum absolute atomic E-state index is 0.00829. The molecular formula is C24H24N4O4. The lowest BCUT2D eigenvalue weighted by Gasteiger charge is -2.27. The molecule has 0 unspecified atom stereocenters. The number of para-hydroxylation sites is 2. The molecule has 1 aliphatic rings. The van der Waals surface area contributed by atoms with Gasteiger partial charge in [-0.25, -0.2) is 9.59 Å². The van der Waals surface area contributed by atoms with E-state index < -0.39 is 0 Å². The summed E-state index contributed by atoms with van der Waals surface area (Å²) in [5, 5.41) is 0.936. The third kappa shape index (κ3) is 3.19. The predicted octanol–water partition coefficient (Wildman–Crippen LogP) is 2.58. The summed E-state index contributed by atoms with van der Waals surface area (Å²) >= 11 is 0. The molecule has 5 rings (SSSR count). The Morgan fingerprint density at radius 3 is 2.69 bits per heavy atom. The summed E-state index contributed by atoms with van der Waals surface area (Å²) in [7, 11) is 3.11. The summed E-state index contributed by atoms with van der Waals surface area (Å²) in [6, 6.07) is 13.0. The van der Waals surface area contributed by atoms with E-state index in [-0.39, 0.29) is 24.0 Å². The van der Waals surface area contributed by atoms with Crippen molar-refractivity contribution < 1.29 is 14.3 Å². The fourth-order valence-corrected chi connectivity index (χ4v) is 4.62. The van der Waals surface area contributed by atoms with Gasteiger partial charge in [0.05, 0.1) is 23.7 Å². The fourth-order valence-electron chi connectivity index (χ4n) is 4.62. The van der Waals surface area contributed by atoms with Crippen molar-refractivity contribution in [1.29, 1.82) is 0 Å². The van der Waals surface area contributed by atoms with Gasteiger partial charge in [0.25, 0.3) is 0 Å². The van der Waals surface area contributed by atoms with Crippen molar-refractivity contribution in [3.8, 4) is 0 Å². The number of fused-ring (bicyclic) bond motifs is 4. The number of H-pyrrole nitrogens is 1. The molecule has 0 radical (unpaired) electrons. The molecule has 32 heavy (non-hydrogen) atoms. The van der Waals surface area contributed by atoms with E-state index in [2.05, 4.69) is 4.98 Å². The lowest BCUT2D eigenvalue weighted by Crippen LogP contribution is -2.36. The molecular weight excluding hydrogens is 408 g/mol. The number of ether oxygens (including phenoxy) is 1. The van der Waals surface area contributed by atoms with Crippen molar-refractivity contribution in [1.82, 2.24) is 19.0 Å². The molecule has 0 atom stereocenters. The highest BCUT2D eigenvalue weighted by Crippen LogP contribution is 2.29. The number of imidazole rings is 1. The molecule has 4 aromatic rings. The number of carbonyl (C=O) groups excluding carboxylic acids is 2. The van der Waals surface area contributed by atoms with Gasteiger partial charge in [-0.2, -0.15) is 0 Å². The predicted molar refractivity (Wildman–Crippen MR) is 121 cm³/mol. The Morgan fingerprint density at radius 2 is 1.91 bits per heavy atom. The summed E-state index contributed by atoms with van der Waals surface area (Å²) in [5.74, 6) is -0.375. The summed E-state index contributed by atoms with van der Waals surface area (Å²) in [6.07, 6.45) is 0.969. The van der Waals surface area contributed by atoms with Gasteiger partial charge in [0.1, 0.15) is 0 Å². The van der Waals surface area contributed by atoms with E-state index in [4.69, 9.17) is 4.74 Å². The summed E-state index contributed by atoms with van der Waals surface area (Å²) in [4.78, 5) is 42.8. The van der Waals surface area contributed by atoms with Crippen LogP contribution in [0.4, 0.5) is 0 Å². The maximum Gasteiger partial charge on any atom is 0.337 e. The number of hydrogen-bond acceptors (Lipinski definition) is 4. The van der Waals surface area contributed by atoms with E-state index in [1.165, 1.54) is 7.11 Å². The highest BCUT2D eigenvalue weighted by Gasteiger charge is 2.25. The first kappa shape index (κ1) is 20.1. The van der Waals surface area contributed by atoms with Crippen LogP contribution in [0.3, 0.4) is 0 Å². The number of rotatable bonds is 4. The van der Waals surface area contributed by atoms with Crippen molar-refractivity contribution in [3.63, 3.8) is 0 Å². The van der Waals surface area contributed by atoms with Crippen LogP contribution < -0.4 is 5.69 Å². The van der Waals surface area contributed by atoms with Gasteiger partial charge in [-0.15, -0.1) is 0 Å². The van der Waals surface area contributed by atoms with Crippen LogP contribution in [0.15, 0.2) is 47.3 Å². The van der Waals surface area contributed by atoms with Crippen molar-refractivity contribution in [2.45, 2.75) is 25.9 Å². The van der Waals surface area contributed by atoms with E-state index in [1.807, 2.05) is 41.3 Å². The molecule has 0 spiro atoms. The van der Waals surface area contributed by atoms with Crippen LogP contribution in [0.5, 0.6) is 0 Å². The van der Waals surface area contributed by atoms with Gasteiger partial charge in [0, 0.05) is 61.7 Å². The van der Waals surface area contributed by atoms with Crippen molar-refractivity contribution in [3.05, 3.63) is 69.8 Å². The minimum atomic E-state index is -0.383. The molecule has 3 heterocycles. The highest BCUT2D eigenvalue weighted by atomic mass is 16.5. The second kappa shape index (κ2) is 7.71. The number of aryl methyl sites for hydroxylation is 2. The second-order valence-electron chi connectivity index (χ2n) is 8.13. The largest absolute Gasteiger partial charge is 0.465 e. The molecule has 2 aromatic carbocycles. The van der Waals surface area contributed by atoms with Gasteiger partial charge in [0.15, 0.2) is 0 Å². The zero-order valence-corrected chi connectivity index (χ0v) is 18.1. The van der Waals surface area contributed by atoms with Gasteiger partial charge in [0.2, 0.25) is 5.91 Å². The number of aromatic nitrogens is 3. The van der Waals surface area contributed by atoms with E-state index >= 15 is 0 Å². The molecule has 164 valence electrons. The van der Waals surface area contributed by atoms with Gasteiger partial charge >= 0.3 is 11.7 Å². The first-order chi connectivity index (χ1) is 15.5. The third-order valence-electron chi connectivity index (χ3n) is 6.35. The molecule has 1 amide bonds. The molecule has 8 heteroatoms. The molecule has 2 aromatic heterocycles. The first-order valence-corrected chi connectivity index (χ1v) is 10.6. The zero-order chi connectivity index (χ0) is 22.4. The number of aromatic amines is 1. The highest BCUT2D eigenvalue weighted by molar-refractivity contribution is 5.96. The smallest absolute Gasteiger partial charge is 0.337 e. The Morgan fingerprint density at radius 1 is 1.12 bits per heavy atom. The van der Waals surface area contributed by atoms with E-state index in [1.54, 1.807) is 22.2 Å². The Kier molecular flexibility index (Phi) is 4.84. The van der Waals surface area contributed by atoms with Gasteiger partial charge < -0.3 is 14.6 Å². The molecule has 0 bridgehead atoms. The number of amides is 1. The molecule has 8 nitrogen and oxygen atoms in total. The van der Waals surface area contributed by atoms with Crippen LogP contribution in [-0.2, 0) is 36.1 Å². The van der Waals surface area contributed by atoms with Gasteiger partial charge in [-0.05, 0) is 30.3 Å². The number of esters is 1. The average molecular weight is 432 g/mol. The van der Waals surface area contributed by atoms with Crippen LogP contribution in [0, 0.1) is 0 Å². The zero-order valence-electron chi connectivity index (χ0n) is 18.1. The third-order valence-corrected chi connectivity index (χ3v) is 6.35. The number of methoxy groups -OCH3 is 1. The second-order valence-corrected chi connectivity index (χ2v) is 8.13. The maximum atomic E-state index is 13.0. The Balaban J connectivity index is 1.37. The SMILES string of the molecule is COC(=O)c1ccc2[nH]c3c(c2c1)CN(C(=O)CCn1c(=O)n(C)c2ccccc21)CC3. The normalized spacial score (nSPS) is 13.5. The molecule has 1 N–H and O–H groups in total. The number of carbonyl (C=O) groups is 2. The van der Waals surface area contributed by atoms with E-state index in [9.17, 15) is 14.4 Å². The fraction of sp³-hybridized carbons (Fsp3) is 0.292. The van der Waals surface area contributed by atoms with Gasteiger partial charge in [-0.1, -0.05) is 12.1 Å². The number of hydrogen-bond donors (Lipinski definition) is 1. The molecule has 1 aliphatic heterocycles. The Labute approximate surface area is 184 Å².